The van der Waals surface area contributed by atoms with Crippen LogP contribution in [-0.2, 0) is 0 Å². The Morgan fingerprint density at radius 3 is 1.42 bits per heavy atom. The summed E-state index contributed by atoms with van der Waals surface area (Å²) >= 11 is 0. The van der Waals surface area contributed by atoms with E-state index in [2.05, 4.69) is 63.7 Å². The summed E-state index contributed by atoms with van der Waals surface area (Å²) in [5.74, 6) is -1.06. The van der Waals surface area contributed by atoms with Gasteiger partial charge in [0.1, 0.15) is 0 Å². The average Bonchev–Trinajstić information content (AvgIpc) is 0.780. The molecule has 0 amide bonds. The van der Waals surface area contributed by atoms with Crippen LogP contribution in [0.1, 0.15) is 19.2 Å². The van der Waals surface area contributed by atoms with Crippen molar-refractivity contribution in [3.63, 3.8) is 0 Å². The van der Waals surface area contributed by atoms with Crippen molar-refractivity contribution in [1.29, 1.82) is 0 Å². The maximum Gasteiger partial charge on any atom is 0.238 e. The van der Waals surface area contributed by atoms with Crippen LogP contribution in [0.25, 0.3) is 106 Å². The standard InChI is InChI=1S/C69H46N6Si/c1-5-23-47(24-6-1)67-70-68(48-25-21-32-53(45-48)76(50-26-7-2-8-27-50,51-28-9-3-10-29-51)52-30-11-4-12-31-52)72-69(71-67)75-63-41-20-16-36-57(63)59-37-22-42-64(66(59)75)74-62-40-19-15-35-56(62)58-44-43-49(46-65(58)74)73-60-38-17-13-33-54(60)55-34-14-18-39-61(55)73/h1-46H/i1D,2D,5D,6D,7D,8D,21D,23D,24D,25D,26D,27D,32D,45D. The summed E-state index contributed by atoms with van der Waals surface area (Å²) in [4.78, 5) is 15.2. The van der Waals surface area contributed by atoms with E-state index in [1.165, 1.54) is 0 Å². The van der Waals surface area contributed by atoms with Crippen LogP contribution in [0, 0.1) is 0 Å². The zero-order valence-electron chi connectivity index (χ0n) is 54.2. The van der Waals surface area contributed by atoms with Crippen LogP contribution in [-0.4, -0.2) is 36.7 Å². The number of aromatic nitrogens is 6. The first kappa shape index (κ1) is 31.6. The first-order chi connectivity index (χ1) is 43.5. The Balaban J connectivity index is 1.08. The van der Waals surface area contributed by atoms with E-state index < -0.39 is 115 Å². The molecule has 0 atom stereocenters. The molecule has 4 heterocycles. The topological polar surface area (TPSA) is 53.5 Å². The van der Waals surface area contributed by atoms with Gasteiger partial charge < -0.3 is 9.13 Å². The first-order valence-electron chi connectivity index (χ1n) is 31.7. The summed E-state index contributed by atoms with van der Waals surface area (Å²) in [7, 11) is -4.66. The SMILES string of the molecule is [2H]c1c([2H])c([2H])c(-c2nc(-c3c([2H])c([2H])c([2H])c([Si](c4ccccc4)(c4ccccc4)c4c([2H])c([2H])c([2H])c([2H])c4[2H])c3[2H])nc(-n3c4ccccc4c4cccc(-n5c6ccccc6c6ccc(-n7c8ccccc8c8ccccc87)cc65)c43)n2)c([2H])c1[2H]. The molecule has 76 heavy (non-hydrogen) atoms. The largest absolute Gasteiger partial charge is 0.309 e. The highest BCUT2D eigenvalue weighted by atomic mass is 28.3. The lowest BCUT2D eigenvalue weighted by molar-refractivity contribution is 0.950. The van der Waals surface area contributed by atoms with Crippen molar-refractivity contribution in [3.05, 3.63) is 279 Å². The van der Waals surface area contributed by atoms with E-state index in [0.717, 1.165) is 60.1 Å². The average molecular weight is 1000 g/mol. The van der Waals surface area contributed by atoms with Crippen LogP contribution in [0.3, 0.4) is 0 Å². The fraction of sp³-hybridized carbons (Fsp3) is 0. The van der Waals surface area contributed by atoms with Gasteiger partial charge in [0, 0.05) is 49.1 Å². The van der Waals surface area contributed by atoms with Crippen LogP contribution >= 0.6 is 0 Å². The van der Waals surface area contributed by atoms with E-state index >= 15 is 0 Å². The Bertz CT molecular complexity index is 5430. The highest BCUT2D eigenvalue weighted by molar-refractivity contribution is 7.19. The molecule has 0 saturated carbocycles. The molecule has 15 rings (SSSR count). The summed E-state index contributed by atoms with van der Waals surface area (Å²) < 4.78 is 138. The molecule has 6 nitrogen and oxygen atoms in total. The number of para-hydroxylation sites is 5. The molecule has 0 spiro atoms. The molecule has 0 bridgehead atoms. The predicted octanol–water partition coefficient (Wildman–Crippen LogP) is 13.9. The number of hydrogen-bond donors (Lipinski definition) is 0. The number of rotatable bonds is 9. The number of fused-ring (bicyclic) bond motifs is 9. The van der Waals surface area contributed by atoms with Crippen LogP contribution < -0.4 is 20.7 Å². The van der Waals surface area contributed by atoms with Crippen LogP contribution in [0.15, 0.2) is 279 Å². The van der Waals surface area contributed by atoms with Gasteiger partial charge in [-0.25, -0.2) is 4.98 Å². The molecule has 356 valence electrons. The van der Waals surface area contributed by atoms with Gasteiger partial charge in [-0.3, -0.25) is 4.57 Å². The maximum absolute atomic E-state index is 10.6. The molecule has 0 aliphatic rings. The summed E-state index contributed by atoms with van der Waals surface area (Å²) in [6.07, 6.45) is 0. The number of benzene rings is 11. The molecule has 7 heteroatoms. The Hall–Kier alpha value is -9.95. The summed E-state index contributed by atoms with van der Waals surface area (Å²) in [5.41, 5.74) is 5.61. The Labute approximate surface area is 459 Å². The highest BCUT2D eigenvalue weighted by Crippen LogP contribution is 2.41. The third kappa shape index (κ3) is 6.69. The predicted molar refractivity (Wildman–Crippen MR) is 317 cm³/mol. The smallest absolute Gasteiger partial charge is 0.238 e. The van der Waals surface area contributed by atoms with Crippen LogP contribution in [0.5, 0.6) is 0 Å². The maximum atomic E-state index is 10.6. The van der Waals surface area contributed by atoms with Crippen molar-refractivity contribution < 1.29 is 19.2 Å². The summed E-state index contributed by atoms with van der Waals surface area (Å²) in [6.45, 7) is 0. The van der Waals surface area contributed by atoms with Crippen molar-refractivity contribution in [2.75, 3.05) is 0 Å². The lowest BCUT2D eigenvalue weighted by Gasteiger charge is -2.34. The molecule has 15 aromatic rings. The minimum Gasteiger partial charge on any atom is -0.309 e. The normalized spacial score (nSPS) is 14.5. The molecule has 0 N–H and O–H groups in total. The van der Waals surface area contributed by atoms with Gasteiger partial charge in [0.2, 0.25) is 5.95 Å². The molecule has 4 aromatic heterocycles. The van der Waals surface area contributed by atoms with E-state index in [1.807, 2.05) is 78.9 Å². The molecule has 0 aliphatic carbocycles. The van der Waals surface area contributed by atoms with Gasteiger partial charge in [-0.2, -0.15) is 9.97 Å². The second-order valence-corrected chi connectivity index (χ2v) is 22.1. The van der Waals surface area contributed by atoms with Gasteiger partial charge in [0.05, 0.1) is 58.0 Å². The molecule has 0 fully saturated rings. The zero-order valence-corrected chi connectivity index (χ0v) is 41.2. The first-order valence-corrected chi connectivity index (χ1v) is 26.7. The fourth-order valence-electron chi connectivity index (χ4n) is 11.3. The number of hydrogen-bond acceptors (Lipinski definition) is 3. The molecule has 0 radical (unpaired) electrons. The lowest BCUT2D eigenvalue weighted by atomic mass is 10.1. The monoisotopic (exact) mass is 1000 g/mol. The minimum absolute atomic E-state index is 0.172. The van der Waals surface area contributed by atoms with Crippen molar-refractivity contribution in [2.24, 2.45) is 0 Å². The van der Waals surface area contributed by atoms with Gasteiger partial charge in [-0.15, -0.1) is 0 Å². The molecule has 11 aromatic carbocycles. The second-order valence-electron chi connectivity index (χ2n) is 18.5. The van der Waals surface area contributed by atoms with E-state index in [9.17, 15) is 11.0 Å². The van der Waals surface area contributed by atoms with Crippen molar-refractivity contribution >= 4 is 94.2 Å². The minimum atomic E-state index is -4.66. The van der Waals surface area contributed by atoms with Crippen molar-refractivity contribution in [2.45, 2.75) is 0 Å². The quantitative estimate of drug-likeness (QED) is 0.107. The van der Waals surface area contributed by atoms with E-state index in [4.69, 9.17) is 23.2 Å². The van der Waals surface area contributed by atoms with Gasteiger partial charge >= 0.3 is 0 Å². The van der Waals surface area contributed by atoms with Gasteiger partial charge in [-0.1, -0.05) is 236 Å². The zero-order chi connectivity index (χ0) is 62.3. The third-order valence-corrected chi connectivity index (χ3v) is 18.9. The molecular formula is C69H46N6Si. The summed E-state index contributed by atoms with van der Waals surface area (Å²) in [6, 6.07) is 52.7. The Kier molecular flexibility index (Phi) is 7.33. The Morgan fingerprint density at radius 2 is 0.803 bits per heavy atom. The number of nitrogens with zero attached hydrogens (tertiary/aromatic N) is 6. The van der Waals surface area contributed by atoms with Gasteiger partial charge in [0.15, 0.2) is 19.7 Å². The highest BCUT2D eigenvalue weighted by Gasteiger charge is 2.41. The van der Waals surface area contributed by atoms with E-state index in [-0.39, 0.29) is 16.3 Å². The van der Waals surface area contributed by atoms with Crippen LogP contribution in [0.4, 0.5) is 0 Å². The Morgan fingerprint density at radius 1 is 0.329 bits per heavy atom. The summed E-state index contributed by atoms with van der Waals surface area (Å²) in [5, 5.41) is 6.00. The van der Waals surface area contributed by atoms with Crippen LogP contribution in [0.2, 0.25) is 0 Å². The second kappa shape index (κ2) is 17.6. The molecule has 0 saturated heterocycles. The van der Waals surface area contributed by atoms with Gasteiger partial charge in [0.25, 0.3) is 0 Å². The fourth-order valence-corrected chi connectivity index (χ4v) is 15.5. The van der Waals surface area contributed by atoms with Gasteiger partial charge in [-0.05, 0) is 63.2 Å². The molecular weight excluding hydrogens is 941 g/mol. The van der Waals surface area contributed by atoms with Crippen molar-refractivity contribution in [3.8, 4) is 40.1 Å². The molecule has 0 unspecified atom stereocenters. The third-order valence-electron chi connectivity index (χ3n) is 14.5. The lowest BCUT2D eigenvalue weighted by Crippen LogP contribution is -2.74. The van der Waals surface area contributed by atoms with E-state index in [0.29, 0.717) is 27.1 Å². The van der Waals surface area contributed by atoms with E-state index in [1.54, 1.807) is 65.2 Å². The molecule has 0 aliphatic heterocycles. The van der Waals surface area contributed by atoms with Crippen molar-refractivity contribution in [1.82, 2.24) is 28.7 Å².